The Labute approximate surface area is 168 Å². The molecule has 0 radical (unpaired) electrons. The molecule has 1 aromatic carbocycles. The van der Waals surface area contributed by atoms with Crippen molar-refractivity contribution in [2.45, 2.75) is 45.3 Å². The van der Waals surface area contributed by atoms with Gasteiger partial charge in [-0.05, 0) is 31.0 Å². The Morgan fingerprint density at radius 3 is 2.43 bits per heavy atom. The maximum atomic E-state index is 12.9. The number of benzene rings is 1. The standard InChI is InChI=1S/C23H32N4O/c1-3-9-22(20-10-5-4-6-11-20)25-23(28)19(2)27-16-14-26(15-17-27)18-21-12-7-8-13-24-21/h4-8,10-13,19,22H,3,9,14-18H2,1-2H3,(H,25,28). The molecule has 1 N–H and O–H groups in total. The summed E-state index contributed by atoms with van der Waals surface area (Å²) in [6.45, 7) is 8.80. The second-order valence-corrected chi connectivity index (χ2v) is 7.57. The van der Waals surface area contributed by atoms with Crippen LogP contribution in [-0.2, 0) is 11.3 Å². The van der Waals surface area contributed by atoms with Gasteiger partial charge in [0.05, 0.1) is 17.8 Å². The number of amides is 1. The van der Waals surface area contributed by atoms with E-state index in [1.807, 2.05) is 43.5 Å². The van der Waals surface area contributed by atoms with E-state index >= 15 is 0 Å². The molecule has 1 saturated heterocycles. The molecule has 1 aliphatic heterocycles. The molecule has 2 aromatic rings. The summed E-state index contributed by atoms with van der Waals surface area (Å²) < 4.78 is 0. The number of carbonyl (C=O) groups excluding carboxylic acids is 1. The Kier molecular flexibility index (Phi) is 7.57. The Morgan fingerprint density at radius 1 is 1.07 bits per heavy atom. The smallest absolute Gasteiger partial charge is 0.237 e. The van der Waals surface area contributed by atoms with Gasteiger partial charge in [-0.1, -0.05) is 49.7 Å². The normalized spacial score (nSPS) is 17.8. The predicted octanol–water partition coefficient (Wildman–Crippen LogP) is 3.25. The molecule has 1 aromatic heterocycles. The van der Waals surface area contributed by atoms with Crippen molar-refractivity contribution in [2.24, 2.45) is 0 Å². The van der Waals surface area contributed by atoms with Gasteiger partial charge in [-0.2, -0.15) is 0 Å². The molecule has 1 aliphatic rings. The SMILES string of the molecule is CCCC(NC(=O)C(C)N1CCN(Cc2ccccn2)CC1)c1ccccc1. The largest absolute Gasteiger partial charge is 0.348 e. The highest BCUT2D eigenvalue weighted by Gasteiger charge is 2.27. The zero-order valence-electron chi connectivity index (χ0n) is 17.1. The second-order valence-electron chi connectivity index (χ2n) is 7.57. The van der Waals surface area contributed by atoms with E-state index in [4.69, 9.17) is 0 Å². The number of hydrogen-bond donors (Lipinski definition) is 1. The first-order valence-electron chi connectivity index (χ1n) is 10.4. The van der Waals surface area contributed by atoms with Gasteiger partial charge in [0.25, 0.3) is 0 Å². The van der Waals surface area contributed by atoms with E-state index in [9.17, 15) is 4.79 Å². The van der Waals surface area contributed by atoms with Crippen LogP contribution >= 0.6 is 0 Å². The Bertz CT molecular complexity index is 714. The van der Waals surface area contributed by atoms with E-state index < -0.39 is 0 Å². The van der Waals surface area contributed by atoms with E-state index in [-0.39, 0.29) is 18.0 Å². The van der Waals surface area contributed by atoms with E-state index in [1.54, 1.807) is 0 Å². The summed E-state index contributed by atoms with van der Waals surface area (Å²) in [6, 6.07) is 16.3. The summed E-state index contributed by atoms with van der Waals surface area (Å²) in [5, 5.41) is 3.28. The highest BCUT2D eigenvalue weighted by Crippen LogP contribution is 2.19. The van der Waals surface area contributed by atoms with Crippen LogP contribution in [0.15, 0.2) is 54.7 Å². The summed E-state index contributed by atoms with van der Waals surface area (Å²) in [5.74, 6) is 0.125. The summed E-state index contributed by atoms with van der Waals surface area (Å²) in [7, 11) is 0. The van der Waals surface area contributed by atoms with Crippen molar-refractivity contribution in [3.63, 3.8) is 0 Å². The zero-order valence-corrected chi connectivity index (χ0v) is 17.1. The fourth-order valence-corrected chi connectivity index (χ4v) is 3.78. The lowest BCUT2D eigenvalue weighted by Gasteiger charge is -2.37. The molecule has 0 saturated carbocycles. The van der Waals surface area contributed by atoms with E-state index in [2.05, 4.69) is 45.2 Å². The van der Waals surface area contributed by atoms with E-state index in [1.165, 1.54) is 5.56 Å². The molecule has 0 aliphatic carbocycles. The van der Waals surface area contributed by atoms with E-state index in [0.717, 1.165) is 51.3 Å². The molecule has 1 fully saturated rings. The molecule has 5 heteroatoms. The first-order chi connectivity index (χ1) is 13.7. The van der Waals surface area contributed by atoms with Crippen molar-refractivity contribution in [3.8, 4) is 0 Å². The number of nitrogens with one attached hydrogen (secondary N) is 1. The Hall–Kier alpha value is -2.24. The Balaban J connectivity index is 1.51. The molecule has 28 heavy (non-hydrogen) atoms. The van der Waals surface area contributed by atoms with Crippen molar-refractivity contribution in [1.82, 2.24) is 20.1 Å². The van der Waals surface area contributed by atoms with Crippen LogP contribution in [0.5, 0.6) is 0 Å². The molecular weight excluding hydrogens is 348 g/mol. The molecule has 2 heterocycles. The molecule has 2 unspecified atom stereocenters. The number of pyridine rings is 1. The number of piperazine rings is 1. The predicted molar refractivity (Wildman–Crippen MR) is 113 cm³/mol. The van der Waals surface area contributed by atoms with Gasteiger partial charge in [-0.25, -0.2) is 0 Å². The molecule has 0 spiro atoms. The van der Waals surface area contributed by atoms with Gasteiger partial charge in [0, 0.05) is 38.9 Å². The third kappa shape index (κ3) is 5.63. The molecule has 0 bridgehead atoms. The van der Waals surface area contributed by atoms with Crippen molar-refractivity contribution < 1.29 is 4.79 Å². The minimum Gasteiger partial charge on any atom is -0.348 e. The fourth-order valence-electron chi connectivity index (χ4n) is 3.78. The first kappa shape index (κ1) is 20.5. The highest BCUT2D eigenvalue weighted by atomic mass is 16.2. The summed E-state index contributed by atoms with van der Waals surface area (Å²) >= 11 is 0. The summed E-state index contributed by atoms with van der Waals surface area (Å²) in [5.41, 5.74) is 2.29. The van der Waals surface area contributed by atoms with Gasteiger partial charge in [-0.3, -0.25) is 19.6 Å². The van der Waals surface area contributed by atoms with Gasteiger partial charge < -0.3 is 5.32 Å². The minimum atomic E-state index is -0.111. The van der Waals surface area contributed by atoms with Crippen LogP contribution in [-0.4, -0.2) is 52.9 Å². The number of nitrogens with zero attached hydrogens (tertiary/aromatic N) is 3. The molecule has 150 valence electrons. The van der Waals surface area contributed by atoms with Crippen LogP contribution in [0.25, 0.3) is 0 Å². The van der Waals surface area contributed by atoms with Gasteiger partial charge in [-0.15, -0.1) is 0 Å². The average Bonchev–Trinajstić information content (AvgIpc) is 2.75. The van der Waals surface area contributed by atoms with Gasteiger partial charge >= 0.3 is 0 Å². The maximum Gasteiger partial charge on any atom is 0.237 e. The van der Waals surface area contributed by atoms with Gasteiger partial charge in [0.15, 0.2) is 0 Å². The molecule has 1 amide bonds. The van der Waals surface area contributed by atoms with Crippen molar-refractivity contribution in [3.05, 3.63) is 66.0 Å². The third-order valence-corrected chi connectivity index (χ3v) is 5.54. The molecule has 5 nitrogen and oxygen atoms in total. The van der Waals surface area contributed by atoms with Crippen LogP contribution in [0.4, 0.5) is 0 Å². The highest BCUT2D eigenvalue weighted by molar-refractivity contribution is 5.81. The third-order valence-electron chi connectivity index (χ3n) is 5.54. The van der Waals surface area contributed by atoms with Gasteiger partial charge in [0.1, 0.15) is 0 Å². The van der Waals surface area contributed by atoms with Crippen molar-refractivity contribution >= 4 is 5.91 Å². The monoisotopic (exact) mass is 380 g/mol. The lowest BCUT2D eigenvalue weighted by molar-refractivity contribution is -0.127. The number of carbonyl (C=O) groups is 1. The van der Waals surface area contributed by atoms with Crippen LogP contribution in [0.1, 0.15) is 44.0 Å². The Morgan fingerprint density at radius 2 is 1.79 bits per heavy atom. The summed E-state index contributed by atoms with van der Waals surface area (Å²) in [4.78, 5) is 22.0. The van der Waals surface area contributed by atoms with Crippen LogP contribution in [0, 0.1) is 0 Å². The average molecular weight is 381 g/mol. The number of aromatic nitrogens is 1. The van der Waals surface area contributed by atoms with Crippen molar-refractivity contribution in [1.29, 1.82) is 0 Å². The van der Waals surface area contributed by atoms with Crippen LogP contribution in [0.2, 0.25) is 0 Å². The first-order valence-corrected chi connectivity index (χ1v) is 10.4. The summed E-state index contributed by atoms with van der Waals surface area (Å²) in [6.07, 6.45) is 3.85. The zero-order chi connectivity index (χ0) is 19.8. The van der Waals surface area contributed by atoms with E-state index in [0.29, 0.717) is 0 Å². The quantitative estimate of drug-likeness (QED) is 0.764. The molecular formula is C23H32N4O. The number of rotatable bonds is 8. The lowest BCUT2D eigenvalue weighted by atomic mass is 10.0. The van der Waals surface area contributed by atoms with Crippen LogP contribution in [0.3, 0.4) is 0 Å². The van der Waals surface area contributed by atoms with Crippen LogP contribution < -0.4 is 5.32 Å². The topological polar surface area (TPSA) is 48.5 Å². The maximum absolute atomic E-state index is 12.9. The minimum absolute atomic E-state index is 0.0894. The molecule has 2 atom stereocenters. The van der Waals surface area contributed by atoms with Gasteiger partial charge in [0.2, 0.25) is 5.91 Å². The second kappa shape index (κ2) is 10.3. The molecule has 3 rings (SSSR count). The van der Waals surface area contributed by atoms with Crippen molar-refractivity contribution in [2.75, 3.05) is 26.2 Å². The fraction of sp³-hybridized carbons (Fsp3) is 0.478. The number of hydrogen-bond acceptors (Lipinski definition) is 4. The lowest BCUT2D eigenvalue weighted by Crippen LogP contribution is -2.54.